The van der Waals surface area contributed by atoms with E-state index in [1.165, 1.54) is 5.56 Å². The molecule has 4 heteroatoms. The minimum Gasteiger partial charge on any atom is -0.333 e. The highest BCUT2D eigenvalue weighted by Gasteiger charge is 2.19. The highest BCUT2D eigenvalue weighted by atomic mass is 16.2. The predicted molar refractivity (Wildman–Crippen MR) is 71.1 cm³/mol. The molecule has 0 saturated heterocycles. The van der Waals surface area contributed by atoms with Crippen molar-refractivity contribution < 1.29 is 4.79 Å². The number of carbonyl (C=O) groups excluding carboxylic acids is 1. The Bertz CT molecular complexity index is 454. The maximum absolute atomic E-state index is 12.0. The lowest BCUT2D eigenvalue weighted by atomic mass is 10.1. The maximum Gasteiger partial charge on any atom is 0.246 e. The molecule has 1 amide bonds. The van der Waals surface area contributed by atoms with Gasteiger partial charge in [-0.15, -0.1) is 0 Å². The first-order chi connectivity index (χ1) is 8.66. The fraction of sp³-hybridized carbons (Fsp3) is 0.429. The Kier molecular flexibility index (Phi) is 4.10. The van der Waals surface area contributed by atoms with Gasteiger partial charge in [0.2, 0.25) is 5.91 Å². The number of likely N-dealkylation sites (N-methyl/N-ethyl adjacent to an activating group) is 1. The molecular formula is C14H19N3O. The second-order valence-electron chi connectivity index (χ2n) is 4.78. The van der Waals surface area contributed by atoms with Gasteiger partial charge in [0.25, 0.3) is 0 Å². The normalized spacial score (nSPS) is 15.2. The molecule has 0 N–H and O–H groups in total. The van der Waals surface area contributed by atoms with Crippen LogP contribution in [0.3, 0.4) is 0 Å². The average molecular weight is 245 g/mol. The maximum atomic E-state index is 12.0. The van der Waals surface area contributed by atoms with Crippen molar-refractivity contribution in [2.24, 2.45) is 0 Å². The first-order valence-electron chi connectivity index (χ1n) is 6.20. The van der Waals surface area contributed by atoms with Crippen LogP contribution >= 0.6 is 0 Å². The minimum atomic E-state index is 0.0770. The predicted octanol–water partition coefficient (Wildman–Crippen LogP) is 1.08. The van der Waals surface area contributed by atoms with Crippen molar-refractivity contribution in [3.8, 4) is 0 Å². The van der Waals surface area contributed by atoms with Gasteiger partial charge >= 0.3 is 0 Å². The van der Waals surface area contributed by atoms with Crippen LogP contribution in [-0.2, 0) is 17.8 Å². The summed E-state index contributed by atoms with van der Waals surface area (Å²) in [7, 11) is 3.96. The zero-order chi connectivity index (χ0) is 13.0. The molecule has 1 aromatic rings. The molecule has 0 spiro atoms. The molecule has 2 heterocycles. The summed E-state index contributed by atoms with van der Waals surface area (Å²) in [6.07, 6.45) is 6.25. The lowest BCUT2D eigenvalue weighted by Gasteiger charge is -2.27. The number of pyridine rings is 1. The van der Waals surface area contributed by atoms with E-state index in [1.54, 1.807) is 12.3 Å². The van der Waals surface area contributed by atoms with Crippen molar-refractivity contribution >= 4 is 5.91 Å². The van der Waals surface area contributed by atoms with E-state index in [0.29, 0.717) is 6.54 Å². The Morgan fingerprint density at radius 1 is 1.56 bits per heavy atom. The number of rotatable bonds is 3. The largest absolute Gasteiger partial charge is 0.333 e. The Hall–Kier alpha value is -1.68. The molecule has 1 aliphatic rings. The van der Waals surface area contributed by atoms with Crippen molar-refractivity contribution in [3.63, 3.8) is 0 Å². The highest BCUT2D eigenvalue weighted by molar-refractivity contribution is 5.87. The van der Waals surface area contributed by atoms with Crippen LogP contribution in [0.5, 0.6) is 0 Å². The summed E-state index contributed by atoms with van der Waals surface area (Å²) in [5, 5.41) is 0. The monoisotopic (exact) mass is 245 g/mol. The second-order valence-corrected chi connectivity index (χ2v) is 4.78. The zero-order valence-electron chi connectivity index (χ0n) is 11.0. The summed E-state index contributed by atoms with van der Waals surface area (Å²) in [6, 6.07) is 4.04. The summed E-state index contributed by atoms with van der Waals surface area (Å²) in [5.41, 5.74) is 2.29. The minimum absolute atomic E-state index is 0.0770. The Labute approximate surface area is 108 Å². The van der Waals surface area contributed by atoms with Gasteiger partial charge in [-0.1, -0.05) is 12.1 Å². The number of hydrogen-bond acceptors (Lipinski definition) is 3. The van der Waals surface area contributed by atoms with Crippen LogP contribution in [0.1, 0.15) is 11.3 Å². The Balaban J connectivity index is 1.96. The van der Waals surface area contributed by atoms with Crippen LogP contribution in [0.4, 0.5) is 0 Å². The van der Waals surface area contributed by atoms with Crippen LogP contribution < -0.4 is 0 Å². The van der Waals surface area contributed by atoms with E-state index < -0.39 is 0 Å². The molecule has 1 aromatic heterocycles. The smallest absolute Gasteiger partial charge is 0.246 e. The molecule has 96 valence electrons. The number of carbonyl (C=O) groups is 1. The number of hydrogen-bond donors (Lipinski definition) is 0. The third-order valence-corrected chi connectivity index (χ3v) is 3.02. The lowest BCUT2D eigenvalue weighted by molar-refractivity contribution is -0.127. The standard InChI is InChI=1S/C14H19N3O/c1-16(2)9-4-6-14(18)17-10-7-12-5-3-8-15-13(12)11-17/h3-6,8H,7,9-11H2,1-2H3/b6-4+. The summed E-state index contributed by atoms with van der Waals surface area (Å²) in [5.74, 6) is 0.0770. The molecule has 18 heavy (non-hydrogen) atoms. The third-order valence-electron chi connectivity index (χ3n) is 3.02. The molecular weight excluding hydrogens is 226 g/mol. The molecule has 0 bridgehead atoms. The summed E-state index contributed by atoms with van der Waals surface area (Å²) >= 11 is 0. The van der Waals surface area contributed by atoms with Gasteiger partial charge < -0.3 is 9.80 Å². The van der Waals surface area contributed by atoms with Gasteiger partial charge in [-0.05, 0) is 32.1 Å². The van der Waals surface area contributed by atoms with Crippen molar-refractivity contribution in [1.29, 1.82) is 0 Å². The summed E-state index contributed by atoms with van der Waals surface area (Å²) in [4.78, 5) is 20.2. The van der Waals surface area contributed by atoms with Gasteiger partial charge in [0.05, 0.1) is 12.2 Å². The lowest BCUT2D eigenvalue weighted by Crippen LogP contribution is -2.35. The van der Waals surface area contributed by atoms with E-state index >= 15 is 0 Å². The molecule has 0 radical (unpaired) electrons. The molecule has 0 aliphatic carbocycles. The second kappa shape index (κ2) is 5.78. The quantitative estimate of drug-likeness (QED) is 0.748. The Morgan fingerprint density at radius 2 is 2.39 bits per heavy atom. The van der Waals surface area contributed by atoms with Crippen LogP contribution in [0, 0.1) is 0 Å². The molecule has 1 aliphatic heterocycles. The number of nitrogens with zero attached hydrogens (tertiary/aromatic N) is 3. The van der Waals surface area contributed by atoms with Gasteiger partial charge in [-0.2, -0.15) is 0 Å². The van der Waals surface area contributed by atoms with Crippen molar-refractivity contribution in [2.45, 2.75) is 13.0 Å². The van der Waals surface area contributed by atoms with E-state index in [9.17, 15) is 4.79 Å². The Morgan fingerprint density at radius 3 is 3.17 bits per heavy atom. The van der Waals surface area contributed by atoms with Crippen molar-refractivity contribution in [3.05, 3.63) is 41.7 Å². The SMILES string of the molecule is CN(C)C/C=C/C(=O)N1CCc2cccnc2C1. The van der Waals surface area contributed by atoms with Gasteiger partial charge in [0.1, 0.15) is 0 Å². The van der Waals surface area contributed by atoms with E-state index in [2.05, 4.69) is 11.1 Å². The topological polar surface area (TPSA) is 36.4 Å². The van der Waals surface area contributed by atoms with E-state index in [-0.39, 0.29) is 5.91 Å². The zero-order valence-corrected chi connectivity index (χ0v) is 11.0. The van der Waals surface area contributed by atoms with E-state index in [0.717, 1.165) is 25.2 Å². The number of aromatic nitrogens is 1. The molecule has 0 atom stereocenters. The fourth-order valence-electron chi connectivity index (χ4n) is 2.01. The highest BCUT2D eigenvalue weighted by Crippen LogP contribution is 2.16. The van der Waals surface area contributed by atoms with Gasteiger partial charge in [0, 0.05) is 25.4 Å². The van der Waals surface area contributed by atoms with E-state index in [1.807, 2.05) is 36.0 Å². The van der Waals surface area contributed by atoms with E-state index in [4.69, 9.17) is 0 Å². The molecule has 4 nitrogen and oxygen atoms in total. The van der Waals surface area contributed by atoms with Crippen LogP contribution in [-0.4, -0.2) is 47.9 Å². The molecule has 0 saturated carbocycles. The van der Waals surface area contributed by atoms with Gasteiger partial charge in [-0.25, -0.2) is 0 Å². The van der Waals surface area contributed by atoms with Crippen LogP contribution in [0.2, 0.25) is 0 Å². The molecule has 0 unspecified atom stereocenters. The number of fused-ring (bicyclic) bond motifs is 1. The summed E-state index contributed by atoms with van der Waals surface area (Å²) < 4.78 is 0. The molecule has 0 aromatic carbocycles. The van der Waals surface area contributed by atoms with Gasteiger partial charge in [-0.3, -0.25) is 9.78 Å². The van der Waals surface area contributed by atoms with Crippen LogP contribution in [0.25, 0.3) is 0 Å². The van der Waals surface area contributed by atoms with Gasteiger partial charge in [0.15, 0.2) is 0 Å². The first-order valence-corrected chi connectivity index (χ1v) is 6.20. The molecule has 2 rings (SSSR count). The number of amides is 1. The molecule has 0 fully saturated rings. The first kappa shape index (κ1) is 12.8. The summed E-state index contributed by atoms with van der Waals surface area (Å²) in [6.45, 7) is 2.19. The van der Waals surface area contributed by atoms with Crippen molar-refractivity contribution in [2.75, 3.05) is 27.2 Å². The average Bonchev–Trinajstić information content (AvgIpc) is 2.37. The third kappa shape index (κ3) is 3.17. The van der Waals surface area contributed by atoms with Crippen LogP contribution in [0.15, 0.2) is 30.5 Å². The van der Waals surface area contributed by atoms with Crippen molar-refractivity contribution in [1.82, 2.24) is 14.8 Å². The fourth-order valence-corrected chi connectivity index (χ4v) is 2.01.